The molecule has 5 rings (SSSR count). The number of rotatable bonds is 7. The van der Waals surface area contributed by atoms with Gasteiger partial charge in [0.05, 0.1) is 17.0 Å². The van der Waals surface area contributed by atoms with E-state index in [0.29, 0.717) is 37.4 Å². The molecule has 2 aromatic heterocycles. The van der Waals surface area contributed by atoms with Crippen LogP contribution in [-0.2, 0) is 11.3 Å². The number of para-hydroxylation sites is 2. The number of nitrogens with zero attached hydrogens (tertiary/aromatic N) is 3. The van der Waals surface area contributed by atoms with E-state index < -0.39 is 5.91 Å². The molecule has 33 heavy (non-hydrogen) atoms. The first-order chi connectivity index (χ1) is 16.0. The zero-order chi connectivity index (χ0) is 22.9. The van der Waals surface area contributed by atoms with Crippen molar-refractivity contribution in [3.05, 3.63) is 52.0 Å². The minimum absolute atomic E-state index is 0.220. The summed E-state index contributed by atoms with van der Waals surface area (Å²) in [5.74, 6) is 1.20. The molecular formula is C24H26N4O4S. The second-order valence-corrected chi connectivity index (χ2v) is 9.21. The van der Waals surface area contributed by atoms with Crippen molar-refractivity contribution in [3.8, 4) is 22.9 Å². The van der Waals surface area contributed by atoms with Crippen molar-refractivity contribution in [2.75, 3.05) is 19.7 Å². The maximum atomic E-state index is 12.0. The number of carbonyl (C=O) groups excluding carboxylic acids is 2. The van der Waals surface area contributed by atoms with Crippen molar-refractivity contribution in [2.45, 2.75) is 38.8 Å². The minimum Gasteiger partial charge on any atom is -0.485 e. The largest absolute Gasteiger partial charge is 0.485 e. The van der Waals surface area contributed by atoms with Gasteiger partial charge in [-0.1, -0.05) is 12.1 Å². The van der Waals surface area contributed by atoms with E-state index in [4.69, 9.17) is 20.2 Å². The molecule has 2 aliphatic rings. The molecule has 2 amide bonds. The summed E-state index contributed by atoms with van der Waals surface area (Å²) in [4.78, 5) is 30.7. The summed E-state index contributed by atoms with van der Waals surface area (Å²) in [6, 6.07) is 9.40. The molecule has 0 radical (unpaired) electrons. The lowest BCUT2D eigenvalue weighted by Gasteiger charge is -2.24. The molecule has 1 fully saturated rings. The molecule has 0 bridgehead atoms. The third-order valence-electron chi connectivity index (χ3n) is 6.18. The Kier molecular flexibility index (Phi) is 5.80. The zero-order valence-electron chi connectivity index (χ0n) is 18.5. The fourth-order valence-electron chi connectivity index (χ4n) is 4.45. The Bertz CT molecular complexity index is 1200. The Hall–Kier alpha value is -3.33. The first-order valence-corrected chi connectivity index (χ1v) is 12.0. The third kappa shape index (κ3) is 4.20. The molecule has 8 nitrogen and oxygen atoms in total. The highest BCUT2D eigenvalue weighted by Gasteiger charge is 2.26. The van der Waals surface area contributed by atoms with E-state index in [2.05, 4.69) is 4.57 Å². The first-order valence-electron chi connectivity index (χ1n) is 11.1. The van der Waals surface area contributed by atoms with Crippen molar-refractivity contribution < 1.29 is 19.1 Å². The Morgan fingerprint density at radius 3 is 2.85 bits per heavy atom. The maximum absolute atomic E-state index is 12.0. The van der Waals surface area contributed by atoms with Gasteiger partial charge >= 0.3 is 0 Å². The highest BCUT2D eigenvalue weighted by atomic mass is 32.1. The zero-order valence-corrected chi connectivity index (χ0v) is 19.3. The SMILES string of the molecule is Cc1c(C(N)=O)cc(-c2csc(C3COc4ccccc4O3)n2)n1CCCN1CCCC1=O. The highest BCUT2D eigenvalue weighted by Crippen LogP contribution is 2.38. The Balaban J connectivity index is 1.37. The standard InChI is InChI=1S/C24H26N4O4S/c1-15-16(23(25)30)12-18(28(15)11-5-10-27-9-4-8-22(27)29)17-14-33-24(26-17)21-13-31-19-6-2-3-7-20(19)32-21/h2-3,6-7,12,14,21H,4-5,8-11,13H2,1H3,(H2,25,30). The number of fused-ring (bicyclic) bond motifs is 1. The van der Waals surface area contributed by atoms with Crippen LogP contribution >= 0.6 is 11.3 Å². The Morgan fingerprint density at radius 1 is 1.27 bits per heavy atom. The predicted molar refractivity (Wildman–Crippen MR) is 125 cm³/mol. The highest BCUT2D eigenvalue weighted by molar-refractivity contribution is 7.10. The van der Waals surface area contributed by atoms with E-state index in [1.165, 1.54) is 11.3 Å². The van der Waals surface area contributed by atoms with Crippen LogP contribution in [-0.4, -0.2) is 46.0 Å². The van der Waals surface area contributed by atoms with Gasteiger partial charge in [0.2, 0.25) is 5.91 Å². The maximum Gasteiger partial charge on any atom is 0.250 e. The van der Waals surface area contributed by atoms with Crippen LogP contribution in [0.1, 0.15) is 46.4 Å². The quantitative estimate of drug-likeness (QED) is 0.574. The molecule has 1 atom stereocenters. The van der Waals surface area contributed by atoms with Gasteiger partial charge < -0.3 is 24.7 Å². The summed E-state index contributed by atoms with van der Waals surface area (Å²) in [7, 11) is 0. The molecule has 0 spiro atoms. The summed E-state index contributed by atoms with van der Waals surface area (Å²) >= 11 is 1.50. The van der Waals surface area contributed by atoms with Crippen LogP contribution in [0.15, 0.2) is 35.7 Å². The molecule has 1 unspecified atom stereocenters. The van der Waals surface area contributed by atoms with E-state index in [9.17, 15) is 9.59 Å². The average Bonchev–Trinajstić information content (AvgIpc) is 3.53. The fourth-order valence-corrected chi connectivity index (χ4v) is 5.27. The summed E-state index contributed by atoms with van der Waals surface area (Å²) in [5.41, 5.74) is 8.54. The topological polar surface area (TPSA) is 99.7 Å². The molecule has 0 saturated carbocycles. The smallest absolute Gasteiger partial charge is 0.250 e. The van der Waals surface area contributed by atoms with Crippen molar-refractivity contribution in [2.24, 2.45) is 5.73 Å². The molecular weight excluding hydrogens is 440 g/mol. The van der Waals surface area contributed by atoms with Crippen molar-refractivity contribution in [3.63, 3.8) is 0 Å². The number of thiazole rings is 1. The van der Waals surface area contributed by atoms with Gasteiger partial charge in [-0.3, -0.25) is 9.59 Å². The summed E-state index contributed by atoms with van der Waals surface area (Å²) in [6.45, 7) is 4.48. The van der Waals surface area contributed by atoms with E-state index in [0.717, 1.165) is 47.2 Å². The van der Waals surface area contributed by atoms with Crippen LogP contribution in [0, 0.1) is 6.92 Å². The number of benzene rings is 1. The second kappa shape index (κ2) is 8.90. The van der Waals surface area contributed by atoms with Crippen molar-refractivity contribution in [1.82, 2.24) is 14.5 Å². The van der Waals surface area contributed by atoms with Gasteiger partial charge in [0, 0.05) is 37.1 Å². The number of ether oxygens (including phenoxy) is 2. The minimum atomic E-state index is -0.460. The molecule has 1 saturated heterocycles. The lowest BCUT2D eigenvalue weighted by Crippen LogP contribution is -2.26. The molecule has 172 valence electrons. The molecule has 2 N–H and O–H groups in total. The predicted octanol–water partition coefficient (Wildman–Crippen LogP) is 3.54. The number of carbonyl (C=O) groups is 2. The number of amides is 2. The number of primary amides is 1. The second-order valence-electron chi connectivity index (χ2n) is 8.32. The van der Waals surface area contributed by atoms with Gasteiger partial charge in [-0.25, -0.2) is 4.98 Å². The summed E-state index contributed by atoms with van der Waals surface area (Å²) < 4.78 is 14.0. The summed E-state index contributed by atoms with van der Waals surface area (Å²) in [5, 5.41) is 2.78. The van der Waals surface area contributed by atoms with Gasteiger partial charge in [0.1, 0.15) is 11.6 Å². The monoisotopic (exact) mass is 466 g/mol. The van der Waals surface area contributed by atoms with Crippen LogP contribution in [0.5, 0.6) is 11.5 Å². The molecule has 4 heterocycles. The number of hydrogen-bond acceptors (Lipinski definition) is 6. The van der Waals surface area contributed by atoms with Gasteiger partial charge in [0.15, 0.2) is 17.6 Å². The van der Waals surface area contributed by atoms with Crippen LogP contribution < -0.4 is 15.2 Å². The van der Waals surface area contributed by atoms with Crippen LogP contribution in [0.2, 0.25) is 0 Å². The first kappa shape index (κ1) is 21.5. The molecule has 0 aliphatic carbocycles. The van der Waals surface area contributed by atoms with E-state index in [1.54, 1.807) is 0 Å². The third-order valence-corrected chi connectivity index (χ3v) is 7.12. The van der Waals surface area contributed by atoms with E-state index in [1.807, 2.05) is 47.5 Å². The van der Waals surface area contributed by atoms with Gasteiger partial charge in [-0.05, 0) is 38.0 Å². The van der Waals surface area contributed by atoms with E-state index >= 15 is 0 Å². The fraction of sp³-hybridized carbons (Fsp3) is 0.375. The molecule has 1 aromatic carbocycles. The average molecular weight is 467 g/mol. The van der Waals surface area contributed by atoms with Gasteiger partial charge in [-0.15, -0.1) is 11.3 Å². The van der Waals surface area contributed by atoms with Crippen LogP contribution in [0.3, 0.4) is 0 Å². The normalized spacial score (nSPS) is 17.5. The number of hydrogen-bond donors (Lipinski definition) is 1. The van der Waals surface area contributed by atoms with Crippen LogP contribution in [0.25, 0.3) is 11.4 Å². The van der Waals surface area contributed by atoms with Gasteiger partial charge in [0.25, 0.3) is 5.91 Å². The van der Waals surface area contributed by atoms with Crippen molar-refractivity contribution in [1.29, 1.82) is 0 Å². The number of likely N-dealkylation sites (tertiary alicyclic amines) is 1. The van der Waals surface area contributed by atoms with E-state index in [-0.39, 0.29) is 12.0 Å². The molecule has 9 heteroatoms. The Morgan fingerprint density at radius 2 is 2.09 bits per heavy atom. The number of aromatic nitrogens is 2. The molecule has 3 aromatic rings. The Labute approximate surface area is 195 Å². The molecule has 2 aliphatic heterocycles. The van der Waals surface area contributed by atoms with Crippen LogP contribution in [0.4, 0.5) is 0 Å². The number of nitrogens with two attached hydrogens (primary N) is 1. The van der Waals surface area contributed by atoms with Gasteiger partial charge in [-0.2, -0.15) is 0 Å². The van der Waals surface area contributed by atoms with Crippen molar-refractivity contribution >= 4 is 23.2 Å². The summed E-state index contributed by atoms with van der Waals surface area (Å²) in [6.07, 6.45) is 2.07. The lowest BCUT2D eigenvalue weighted by atomic mass is 10.2. The lowest BCUT2D eigenvalue weighted by molar-refractivity contribution is -0.127.